The Balaban J connectivity index is 1.82. The summed E-state index contributed by atoms with van der Waals surface area (Å²) in [6.45, 7) is 2.02. The molecule has 2 aromatic heterocycles. The average molecular weight is 265 g/mol. The van der Waals surface area contributed by atoms with Gasteiger partial charge in [0.2, 0.25) is 0 Å². The van der Waals surface area contributed by atoms with E-state index in [1.54, 1.807) is 11.3 Å². The van der Waals surface area contributed by atoms with Gasteiger partial charge in [0, 0.05) is 25.8 Å². The highest BCUT2D eigenvalue weighted by molar-refractivity contribution is 7.17. The fraction of sp³-hybridized carbons (Fsp3) is 0.462. The van der Waals surface area contributed by atoms with Crippen LogP contribution >= 0.6 is 11.3 Å². The van der Waals surface area contributed by atoms with Gasteiger partial charge < -0.3 is 15.3 Å². The van der Waals surface area contributed by atoms with Gasteiger partial charge in [-0.05, 0) is 37.2 Å². The molecular weight excluding hydrogens is 246 g/mol. The lowest BCUT2D eigenvalue weighted by molar-refractivity contribution is 0.134. The van der Waals surface area contributed by atoms with E-state index in [4.69, 9.17) is 0 Å². The van der Waals surface area contributed by atoms with Crippen molar-refractivity contribution in [1.82, 2.24) is 15.2 Å². The Kier molecular flexibility index (Phi) is 4.66. The molecule has 1 atom stereocenters. The second kappa shape index (κ2) is 6.24. The second-order valence-electron chi connectivity index (χ2n) is 4.69. The van der Waals surface area contributed by atoms with Crippen LogP contribution < -0.4 is 5.32 Å². The van der Waals surface area contributed by atoms with Gasteiger partial charge in [-0.3, -0.25) is 4.98 Å². The van der Waals surface area contributed by atoms with E-state index in [1.807, 2.05) is 31.3 Å². The minimum Gasteiger partial charge on any atom is -0.390 e. The first-order chi connectivity index (χ1) is 8.65. The highest BCUT2D eigenvalue weighted by Gasteiger charge is 2.05. The molecule has 18 heavy (non-hydrogen) atoms. The first-order valence-corrected chi connectivity index (χ1v) is 6.89. The Labute approximate surface area is 111 Å². The molecule has 0 amide bonds. The molecule has 2 aromatic rings. The molecule has 2 N–H and O–H groups in total. The van der Waals surface area contributed by atoms with Gasteiger partial charge in [0.25, 0.3) is 0 Å². The maximum atomic E-state index is 9.72. The van der Waals surface area contributed by atoms with Crippen LogP contribution in [0.1, 0.15) is 5.56 Å². The minimum atomic E-state index is -0.335. The number of aliphatic hydroxyl groups is 1. The van der Waals surface area contributed by atoms with Crippen molar-refractivity contribution < 1.29 is 5.11 Å². The summed E-state index contributed by atoms with van der Waals surface area (Å²) in [6, 6.07) is 4.18. The molecule has 0 saturated heterocycles. The summed E-state index contributed by atoms with van der Waals surface area (Å²) < 4.78 is 1.21. The van der Waals surface area contributed by atoms with Gasteiger partial charge in [-0.25, -0.2) is 0 Å². The van der Waals surface area contributed by atoms with Gasteiger partial charge in [0.15, 0.2) is 0 Å². The van der Waals surface area contributed by atoms with Crippen molar-refractivity contribution in [2.75, 3.05) is 27.2 Å². The van der Waals surface area contributed by atoms with Crippen LogP contribution in [0.5, 0.6) is 0 Å². The van der Waals surface area contributed by atoms with Crippen LogP contribution in [-0.4, -0.2) is 48.3 Å². The van der Waals surface area contributed by atoms with Crippen LogP contribution in [0.2, 0.25) is 0 Å². The summed E-state index contributed by atoms with van der Waals surface area (Å²) in [5, 5.41) is 15.0. The maximum Gasteiger partial charge on any atom is 0.0809 e. The van der Waals surface area contributed by atoms with Crippen molar-refractivity contribution >= 4 is 21.6 Å². The predicted octanol–water partition coefficient (Wildman–Crippen LogP) is 1.31. The number of hydrogen-bond donors (Lipinski definition) is 2. The molecule has 98 valence electrons. The molecule has 0 saturated carbocycles. The summed E-state index contributed by atoms with van der Waals surface area (Å²) in [6.07, 6.45) is 1.55. The van der Waals surface area contributed by atoms with E-state index < -0.39 is 0 Å². The quantitative estimate of drug-likeness (QED) is 0.827. The van der Waals surface area contributed by atoms with Crippen molar-refractivity contribution in [1.29, 1.82) is 0 Å². The number of nitrogens with zero attached hydrogens (tertiary/aromatic N) is 2. The highest BCUT2D eigenvalue weighted by Crippen LogP contribution is 2.19. The van der Waals surface area contributed by atoms with E-state index in [0.717, 1.165) is 17.6 Å². The Morgan fingerprint density at radius 2 is 2.33 bits per heavy atom. The lowest BCUT2D eigenvalue weighted by atomic mass is 10.2. The van der Waals surface area contributed by atoms with Crippen LogP contribution in [0.15, 0.2) is 23.7 Å². The molecule has 0 aromatic carbocycles. The second-order valence-corrected chi connectivity index (χ2v) is 5.64. The number of pyridine rings is 1. The van der Waals surface area contributed by atoms with Gasteiger partial charge in [-0.15, -0.1) is 11.3 Å². The van der Waals surface area contributed by atoms with Gasteiger partial charge in [0.1, 0.15) is 0 Å². The number of rotatable bonds is 6. The van der Waals surface area contributed by atoms with Crippen LogP contribution in [0.25, 0.3) is 10.2 Å². The normalized spacial score (nSPS) is 13.3. The van der Waals surface area contributed by atoms with E-state index >= 15 is 0 Å². The van der Waals surface area contributed by atoms with Crippen LogP contribution in [0, 0.1) is 0 Å². The molecule has 0 radical (unpaired) electrons. The van der Waals surface area contributed by atoms with Gasteiger partial charge in [0.05, 0.1) is 16.3 Å². The van der Waals surface area contributed by atoms with E-state index in [0.29, 0.717) is 13.1 Å². The Morgan fingerprint density at radius 1 is 1.50 bits per heavy atom. The molecule has 0 aliphatic heterocycles. The number of fused-ring (bicyclic) bond motifs is 1. The van der Waals surface area contributed by atoms with Crippen molar-refractivity contribution in [2.45, 2.75) is 12.6 Å². The molecular formula is C13H19N3OS. The first kappa shape index (κ1) is 13.4. The Hall–Kier alpha value is -1.01. The third-order valence-corrected chi connectivity index (χ3v) is 3.50. The predicted molar refractivity (Wildman–Crippen MR) is 75.9 cm³/mol. The summed E-state index contributed by atoms with van der Waals surface area (Å²) >= 11 is 1.70. The Morgan fingerprint density at radius 3 is 3.11 bits per heavy atom. The van der Waals surface area contributed by atoms with Crippen molar-refractivity contribution in [2.24, 2.45) is 0 Å². The number of aromatic nitrogens is 1. The molecule has 2 heterocycles. The molecule has 0 aliphatic rings. The van der Waals surface area contributed by atoms with E-state index in [2.05, 4.69) is 21.7 Å². The van der Waals surface area contributed by atoms with Crippen molar-refractivity contribution in [3.63, 3.8) is 0 Å². The summed E-state index contributed by atoms with van der Waals surface area (Å²) in [4.78, 5) is 6.36. The van der Waals surface area contributed by atoms with E-state index in [9.17, 15) is 5.11 Å². The van der Waals surface area contributed by atoms with Gasteiger partial charge in [-0.1, -0.05) is 0 Å². The molecule has 5 heteroatoms. The first-order valence-electron chi connectivity index (χ1n) is 6.01. The molecule has 0 bridgehead atoms. The van der Waals surface area contributed by atoms with Crippen LogP contribution in [-0.2, 0) is 6.54 Å². The number of likely N-dealkylation sites (N-methyl/N-ethyl adjacent to an activating group) is 1. The standard InChI is InChI=1S/C13H19N3OS/c1-16(2)9-11(17)8-14-6-10-5-13-12(15-7-10)3-4-18-13/h3-5,7,11,14,17H,6,8-9H2,1-2H3. The fourth-order valence-electron chi connectivity index (χ4n) is 1.85. The Bertz CT molecular complexity index is 498. The molecule has 2 rings (SSSR count). The topological polar surface area (TPSA) is 48.4 Å². The van der Waals surface area contributed by atoms with Crippen LogP contribution in [0.4, 0.5) is 0 Å². The number of nitrogens with one attached hydrogen (secondary N) is 1. The number of thiophene rings is 1. The largest absolute Gasteiger partial charge is 0.390 e. The van der Waals surface area contributed by atoms with Gasteiger partial charge >= 0.3 is 0 Å². The number of hydrogen-bond acceptors (Lipinski definition) is 5. The monoisotopic (exact) mass is 265 g/mol. The smallest absolute Gasteiger partial charge is 0.0809 e. The van der Waals surface area contributed by atoms with Crippen molar-refractivity contribution in [3.8, 4) is 0 Å². The fourth-order valence-corrected chi connectivity index (χ4v) is 2.66. The third-order valence-electron chi connectivity index (χ3n) is 2.64. The average Bonchev–Trinajstić information content (AvgIpc) is 2.75. The minimum absolute atomic E-state index is 0.335. The molecule has 0 aliphatic carbocycles. The highest BCUT2D eigenvalue weighted by atomic mass is 32.1. The summed E-state index contributed by atoms with van der Waals surface area (Å²) in [5.41, 5.74) is 2.21. The van der Waals surface area contributed by atoms with Gasteiger partial charge in [-0.2, -0.15) is 0 Å². The van der Waals surface area contributed by atoms with E-state index in [1.165, 1.54) is 4.70 Å². The number of aliphatic hydroxyl groups excluding tert-OH is 1. The summed E-state index contributed by atoms with van der Waals surface area (Å²) in [5.74, 6) is 0. The maximum absolute atomic E-state index is 9.72. The molecule has 1 unspecified atom stereocenters. The lowest BCUT2D eigenvalue weighted by Gasteiger charge is -2.16. The van der Waals surface area contributed by atoms with Crippen molar-refractivity contribution in [3.05, 3.63) is 29.3 Å². The zero-order valence-electron chi connectivity index (χ0n) is 10.8. The summed E-state index contributed by atoms with van der Waals surface area (Å²) in [7, 11) is 3.91. The van der Waals surface area contributed by atoms with E-state index in [-0.39, 0.29) is 6.10 Å². The zero-order chi connectivity index (χ0) is 13.0. The zero-order valence-corrected chi connectivity index (χ0v) is 11.6. The molecule has 0 spiro atoms. The molecule has 4 nitrogen and oxygen atoms in total. The molecule has 0 fully saturated rings. The third kappa shape index (κ3) is 3.74. The lowest BCUT2D eigenvalue weighted by Crippen LogP contribution is -2.34. The SMILES string of the molecule is CN(C)CC(O)CNCc1cnc2ccsc2c1. The van der Waals surface area contributed by atoms with Crippen LogP contribution in [0.3, 0.4) is 0 Å².